The number of nitrogens with one attached hydrogen (secondary N) is 2. The highest BCUT2D eigenvalue weighted by molar-refractivity contribution is 5.86. The molecule has 0 fully saturated rings. The summed E-state index contributed by atoms with van der Waals surface area (Å²) in [5, 5.41) is 6.41. The minimum absolute atomic E-state index is 0.00544. The molecule has 6 nitrogen and oxygen atoms in total. The van der Waals surface area contributed by atoms with Crippen LogP contribution in [0.15, 0.2) is 23.2 Å². The van der Waals surface area contributed by atoms with Crippen LogP contribution in [0.5, 0.6) is 5.75 Å². The molecular formula is C18H30N4O2. The summed E-state index contributed by atoms with van der Waals surface area (Å²) in [6.07, 6.45) is 0.973. The molecule has 0 aromatic heterocycles. The van der Waals surface area contributed by atoms with Gasteiger partial charge >= 0.3 is 0 Å². The highest BCUT2D eigenvalue weighted by atomic mass is 16.5. The third kappa shape index (κ3) is 6.89. The van der Waals surface area contributed by atoms with Gasteiger partial charge < -0.3 is 20.3 Å². The maximum atomic E-state index is 11.8. The van der Waals surface area contributed by atoms with Gasteiger partial charge in [-0.2, -0.15) is 0 Å². The van der Waals surface area contributed by atoms with Crippen LogP contribution in [0.3, 0.4) is 0 Å². The van der Waals surface area contributed by atoms with Crippen LogP contribution in [0, 0.1) is 6.92 Å². The first-order valence-electron chi connectivity index (χ1n) is 8.25. The molecule has 1 aromatic carbocycles. The molecule has 6 heteroatoms. The fraction of sp³-hybridized carbons (Fsp3) is 0.556. The van der Waals surface area contributed by atoms with Crippen molar-refractivity contribution < 1.29 is 9.53 Å². The predicted molar refractivity (Wildman–Crippen MR) is 98.5 cm³/mol. The van der Waals surface area contributed by atoms with Gasteiger partial charge in [0.05, 0.1) is 20.2 Å². The van der Waals surface area contributed by atoms with Crippen LogP contribution in [-0.2, 0) is 11.3 Å². The average molecular weight is 334 g/mol. The van der Waals surface area contributed by atoms with E-state index < -0.39 is 0 Å². The zero-order chi connectivity index (χ0) is 18.1. The Balaban J connectivity index is 2.82. The number of methoxy groups -OCH3 is 1. The molecule has 1 unspecified atom stereocenters. The molecule has 1 amide bonds. The quantitative estimate of drug-likeness (QED) is 0.591. The van der Waals surface area contributed by atoms with Crippen molar-refractivity contribution in [2.45, 2.75) is 39.8 Å². The molecule has 24 heavy (non-hydrogen) atoms. The lowest BCUT2D eigenvalue weighted by Crippen LogP contribution is -2.45. The minimum atomic E-state index is 0.00544. The van der Waals surface area contributed by atoms with Crippen molar-refractivity contribution in [1.29, 1.82) is 0 Å². The zero-order valence-electron chi connectivity index (χ0n) is 15.6. The fourth-order valence-corrected chi connectivity index (χ4v) is 2.01. The molecular weight excluding hydrogens is 304 g/mol. The van der Waals surface area contributed by atoms with E-state index in [9.17, 15) is 4.79 Å². The van der Waals surface area contributed by atoms with E-state index in [1.165, 1.54) is 0 Å². The zero-order valence-corrected chi connectivity index (χ0v) is 15.6. The molecule has 0 saturated heterocycles. The van der Waals surface area contributed by atoms with Crippen LogP contribution in [0.1, 0.15) is 31.4 Å². The summed E-state index contributed by atoms with van der Waals surface area (Å²) in [5.41, 5.74) is 2.20. The number of aryl methyl sites for hydroxylation is 1. The number of hydrogen-bond donors (Lipinski definition) is 2. The van der Waals surface area contributed by atoms with Gasteiger partial charge in [0.15, 0.2) is 5.96 Å². The molecule has 134 valence electrons. The number of hydrogen-bond acceptors (Lipinski definition) is 3. The topological polar surface area (TPSA) is 66.0 Å². The number of guanidine groups is 1. The highest BCUT2D eigenvalue weighted by Crippen LogP contribution is 2.16. The molecule has 0 aliphatic heterocycles. The molecule has 1 atom stereocenters. The normalized spacial score (nSPS) is 12.5. The van der Waals surface area contributed by atoms with E-state index in [4.69, 9.17) is 4.74 Å². The van der Waals surface area contributed by atoms with Gasteiger partial charge in [0.1, 0.15) is 5.75 Å². The Morgan fingerprint density at radius 3 is 2.62 bits per heavy atom. The summed E-state index contributed by atoms with van der Waals surface area (Å²) in [6, 6.07) is 6.32. The van der Waals surface area contributed by atoms with Gasteiger partial charge in [-0.1, -0.05) is 13.0 Å². The molecule has 2 N–H and O–H groups in total. The van der Waals surface area contributed by atoms with E-state index in [1.807, 2.05) is 19.1 Å². The first-order chi connectivity index (χ1) is 11.3. The maximum Gasteiger partial charge on any atom is 0.241 e. The van der Waals surface area contributed by atoms with Crippen molar-refractivity contribution in [1.82, 2.24) is 15.5 Å². The number of carbonyl (C=O) groups is 1. The van der Waals surface area contributed by atoms with E-state index in [2.05, 4.69) is 35.5 Å². The lowest BCUT2D eigenvalue weighted by molar-refractivity contribution is -0.127. The molecule has 0 heterocycles. The van der Waals surface area contributed by atoms with Gasteiger partial charge in [0.25, 0.3) is 0 Å². The molecule has 1 aromatic rings. The van der Waals surface area contributed by atoms with E-state index >= 15 is 0 Å². The molecule has 0 saturated carbocycles. The van der Waals surface area contributed by atoms with Crippen molar-refractivity contribution in [2.75, 3.05) is 27.7 Å². The van der Waals surface area contributed by atoms with Crippen LogP contribution in [0.4, 0.5) is 0 Å². The van der Waals surface area contributed by atoms with Gasteiger partial charge in [-0.25, -0.2) is 4.99 Å². The van der Waals surface area contributed by atoms with Gasteiger partial charge in [-0.05, 0) is 43.5 Å². The first kappa shape index (κ1) is 19.8. The number of nitrogens with zero attached hydrogens (tertiary/aromatic N) is 2. The third-order valence-corrected chi connectivity index (χ3v) is 3.67. The molecule has 0 radical (unpaired) electrons. The SMILES string of the molecule is CCC(C)NC(=NCc1cc(C)cc(OC)c1)NCC(=O)N(C)C. The summed E-state index contributed by atoms with van der Waals surface area (Å²) in [4.78, 5) is 17.9. The van der Waals surface area contributed by atoms with Crippen LogP contribution in [0.2, 0.25) is 0 Å². The van der Waals surface area contributed by atoms with Crippen molar-refractivity contribution in [2.24, 2.45) is 4.99 Å². The number of carbonyl (C=O) groups excluding carboxylic acids is 1. The number of likely N-dealkylation sites (N-methyl/N-ethyl adjacent to an activating group) is 1. The molecule has 0 aliphatic carbocycles. The first-order valence-corrected chi connectivity index (χ1v) is 8.25. The van der Waals surface area contributed by atoms with Gasteiger partial charge in [-0.15, -0.1) is 0 Å². The van der Waals surface area contributed by atoms with Crippen LogP contribution < -0.4 is 15.4 Å². The Hall–Kier alpha value is -2.24. The monoisotopic (exact) mass is 334 g/mol. The number of amides is 1. The van der Waals surface area contributed by atoms with Crippen molar-refractivity contribution in [3.05, 3.63) is 29.3 Å². The van der Waals surface area contributed by atoms with Crippen molar-refractivity contribution in [3.63, 3.8) is 0 Å². The summed E-state index contributed by atoms with van der Waals surface area (Å²) < 4.78 is 5.30. The molecule has 0 aliphatic rings. The second kappa shape index (κ2) is 9.80. The van der Waals surface area contributed by atoms with Crippen molar-refractivity contribution >= 4 is 11.9 Å². The number of aliphatic imine (C=N–C) groups is 1. The van der Waals surface area contributed by atoms with Gasteiger partial charge in [-0.3, -0.25) is 4.79 Å². The highest BCUT2D eigenvalue weighted by Gasteiger charge is 2.08. The van der Waals surface area contributed by atoms with Crippen LogP contribution >= 0.6 is 0 Å². The Labute approximate surface area is 145 Å². The summed E-state index contributed by atoms with van der Waals surface area (Å²) in [6.45, 7) is 6.95. The van der Waals surface area contributed by atoms with E-state index in [1.54, 1.807) is 26.1 Å². The summed E-state index contributed by atoms with van der Waals surface area (Å²) in [7, 11) is 5.13. The van der Waals surface area contributed by atoms with Crippen LogP contribution in [-0.4, -0.2) is 50.6 Å². The fourth-order valence-electron chi connectivity index (χ4n) is 2.01. The summed E-state index contributed by atoms with van der Waals surface area (Å²) >= 11 is 0. The number of rotatable bonds is 7. The van der Waals surface area contributed by atoms with Crippen molar-refractivity contribution in [3.8, 4) is 5.75 Å². The van der Waals surface area contributed by atoms with Gasteiger partial charge in [0, 0.05) is 20.1 Å². The Kier molecular flexibility index (Phi) is 8.09. The summed E-state index contributed by atoms with van der Waals surface area (Å²) in [5.74, 6) is 1.47. The Morgan fingerprint density at radius 2 is 2.04 bits per heavy atom. The molecule has 0 bridgehead atoms. The lowest BCUT2D eigenvalue weighted by atomic mass is 10.1. The standard InChI is InChI=1S/C18H30N4O2/c1-7-14(3)21-18(20-12-17(23)22(4)5)19-11-15-8-13(2)9-16(10-15)24-6/h8-10,14H,7,11-12H2,1-6H3,(H2,19,20,21). The van der Waals surface area contributed by atoms with E-state index in [0.29, 0.717) is 12.5 Å². The Morgan fingerprint density at radius 1 is 1.33 bits per heavy atom. The smallest absolute Gasteiger partial charge is 0.241 e. The maximum absolute atomic E-state index is 11.8. The number of ether oxygens (including phenoxy) is 1. The van der Waals surface area contributed by atoms with E-state index in [-0.39, 0.29) is 18.5 Å². The predicted octanol–water partition coefficient (Wildman–Crippen LogP) is 1.93. The Bertz CT molecular complexity index is 570. The minimum Gasteiger partial charge on any atom is -0.497 e. The van der Waals surface area contributed by atoms with Gasteiger partial charge in [0.2, 0.25) is 5.91 Å². The molecule has 1 rings (SSSR count). The average Bonchev–Trinajstić information content (AvgIpc) is 2.55. The van der Waals surface area contributed by atoms with E-state index in [0.717, 1.165) is 23.3 Å². The lowest BCUT2D eigenvalue weighted by Gasteiger charge is -2.18. The van der Waals surface area contributed by atoms with Crippen LogP contribution in [0.25, 0.3) is 0 Å². The third-order valence-electron chi connectivity index (χ3n) is 3.67. The second-order valence-electron chi connectivity index (χ2n) is 6.12. The largest absolute Gasteiger partial charge is 0.497 e. The molecule has 0 spiro atoms. The second-order valence-corrected chi connectivity index (χ2v) is 6.12. The number of benzene rings is 1.